The van der Waals surface area contributed by atoms with Crippen LogP contribution in [0.15, 0.2) is 41.6 Å². The number of Topliss-reactive ketones (excluding diaryl/α,β-unsaturated/α-hetero) is 1. The van der Waals surface area contributed by atoms with Gasteiger partial charge in [-0.3, -0.25) is 9.59 Å². The van der Waals surface area contributed by atoms with Gasteiger partial charge in [-0.15, -0.1) is 0 Å². The molecule has 2 aromatic heterocycles. The lowest BCUT2D eigenvalue weighted by atomic mass is 9.86. The van der Waals surface area contributed by atoms with Crippen LogP contribution in [0, 0.1) is 5.92 Å². The van der Waals surface area contributed by atoms with Crippen molar-refractivity contribution in [3.63, 3.8) is 0 Å². The number of ketones is 1. The Hall–Kier alpha value is -3.19. The van der Waals surface area contributed by atoms with E-state index in [1.165, 1.54) is 6.92 Å². The molecule has 7 nitrogen and oxygen atoms in total. The topological polar surface area (TPSA) is 75.3 Å². The first-order valence-corrected chi connectivity index (χ1v) is 11.4. The SMILES string of the molecule is COCCCOc1cc2c(cc1-c1nccn1C)-c1cc(=O)c(C(C)=O)cn1C(C(C)C)C2. The number of pyridine rings is 1. The van der Waals surface area contributed by atoms with E-state index < -0.39 is 0 Å². The van der Waals surface area contributed by atoms with Crippen molar-refractivity contribution in [2.45, 2.75) is 39.7 Å². The number of methoxy groups -OCH3 is 1. The van der Waals surface area contributed by atoms with Gasteiger partial charge in [-0.25, -0.2) is 4.98 Å². The zero-order valence-corrected chi connectivity index (χ0v) is 19.9. The molecule has 1 unspecified atom stereocenters. The zero-order valence-electron chi connectivity index (χ0n) is 19.9. The summed E-state index contributed by atoms with van der Waals surface area (Å²) in [4.78, 5) is 29.4. The van der Waals surface area contributed by atoms with E-state index in [0.717, 1.165) is 46.8 Å². The van der Waals surface area contributed by atoms with Crippen LogP contribution in [0.25, 0.3) is 22.6 Å². The minimum absolute atomic E-state index is 0.131. The maximum Gasteiger partial charge on any atom is 0.192 e. The summed E-state index contributed by atoms with van der Waals surface area (Å²) >= 11 is 0. The second-order valence-electron chi connectivity index (χ2n) is 8.98. The molecule has 1 aliphatic rings. The lowest BCUT2D eigenvalue weighted by Gasteiger charge is -2.34. The van der Waals surface area contributed by atoms with Crippen molar-refractivity contribution in [3.05, 3.63) is 58.1 Å². The number of nitrogens with zero attached hydrogens (tertiary/aromatic N) is 3. The normalized spacial score (nSPS) is 14.8. The van der Waals surface area contributed by atoms with Gasteiger partial charge in [0.25, 0.3) is 0 Å². The van der Waals surface area contributed by atoms with Crippen molar-refractivity contribution < 1.29 is 14.3 Å². The predicted molar refractivity (Wildman–Crippen MR) is 128 cm³/mol. The van der Waals surface area contributed by atoms with Gasteiger partial charge >= 0.3 is 0 Å². The highest BCUT2D eigenvalue weighted by molar-refractivity contribution is 5.94. The summed E-state index contributed by atoms with van der Waals surface area (Å²) in [5.41, 5.74) is 3.78. The molecule has 0 N–H and O–H groups in total. The third-order valence-electron chi connectivity index (χ3n) is 6.31. The number of imidazole rings is 1. The van der Waals surface area contributed by atoms with Crippen molar-refractivity contribution in [2.24, 2.45) is 13.0 Å². The second kappa shape index (κ2) is 9.35. The number of rotatable bonds is 8. The lowest BCUT2D eigenvalue weighted by Crippen LogP contribution is -2.28. The maximum absolute atomic E-state index is 12.8. The van der Waals surface area contributed by atoms with E-state index in [1.54, 1.807) is 25.6 Å². The van der Waals surface area contributed by atoms with Gasteiger partial charge in [0, 0.05) is 63.4 Å². The zero-order chi connectivity index (χ0) is 23.7. The summed E-state index contributed by atoms with van der Waals surface area (Å²) in [6.45, 7) is 6.94. The Morgan fingerprint density at radius 2 is 2.00 bits per heavy atom. The van der Waals surface area contributed by atoms with Crippen LogP contribution in [0.3, 0.4) is 0 Å². The summed E-state index contributed by atoms with van der Waals surface area (Å²) in [5, 5.41) is 0. The highest BCUT2D eigenvalue weighted by Crippen LogP contribution is 2.42. The Bertz CT molecular complexity index is 1240. The number of benzene rings is 1. The van der Waals surface area contributed by atoms with Gasteiger partial charge in [0.15, 0.2) is 11.2 Å². The molecule has 3 heterocycles. The molecule has 0 amide bonds. The average molecular weight is 450 g/mol. The van der Waals surface area contributed by atoms with Crippen molar-refractivity contribution in [3.8, 4) is 28.4 Å². The number of ether oxygens (including phenoxy) is 2. The maximum atomic E-state index is 12.8. The third kappa shape index (κ3) is 4.37. The van der Waals surface area contributed by atoms with Gasteiger partial charge in [-0.1, -0.05) is 13.8 Å². The molecule has 1 atom stereocenters. The van der Waals surface area contributed by atoms with Gasteiger partial charge < -0.3 is 18.6 Å². The predicted octanol–water partition coefficient (Wildman–Crippen LogP) is 4.29. The molecule has 1 aliphatic heterocycles. The smallest absolute Gasteiger partial charge is 0.192 e. The summed E-state index contributed by atoms with van der Waals surface area (Å²) in [5.74, 6) is 1.68. The van der Waals surface area contributed by atoms with E-state index >= 15 is 0 Å². The first-order valence-electron chi connectivity index (χ1n) is 11.4. The summed E-state index contributed by atoms with van der Waals surface area (Å²) in [6, 6.07) is 5.89. The Balaban J connectivity index is 1.90. The van der Waals surface area contributed by atoms with Gasteiger partial charge in [-0.05, 0) is 37.0 Å². The third-order valence-corrected chi connectivity index (χ3v) is 6.31. The van der Waals surface area contributed by atoms with Crippen LogP contribution < -0.4 is 10.2 Å². The van der Waals surface area contributed by atoms with Crippen LogP contribution in [0.2, 0.25) is 0 Å². The molecule has 0 saturated heterocycles. The fourth-order valence-corrected chi connectivity index (χ4v) is 4.52. The van der Waals surface area contributed by atoms with Crippen LogP contribution in [-0.2, 0) is 18.2 Å². The van der Waals surface area contributed by atoms with Crippen LogP contribution in [-0.4, -0.2) is 40.2 Å². The number of carbonyl (C=O) groups is 1. The molecular weight excluding hydrogens is 418 g/mol. The van der Waals surface area contributed by atoms with Gasteiger partial charge in [-0.2, -0.15) is 0 Å². The molecular formula is C26H31N3O4. The Morgan fingerprint density at radius 3 is 2.64 bits per heavy atom. The average Bonchev–Trinajstić information content (AvgIpc) is 3.20. The number of aromatic nitrogens is 3. The monoisotopic (exact) mass is 449 g/mol. The first-order chi connectivity index (χ1) is 15.8. The lowest BCUT2D eigenvalue weighted by molar-refractivity contribution is 0.101. The van der Waals surface area contributed by atoms with Gasteiger partial charge in [0.1, 0.15) is 11.6 Å². The molecule has 0 saturated carbocycles. The Labute approximate surface area is 194 Å². The molecule has 33 heavy (non-hydrogen) atoms. The Kier molecular flexibility index (Phi) is 6.51. The minimum Gasteiger partial charge on any atom is -0.493 e. The highest BCUT2D eigenvalue weighted by atomic mass is 16.5. The molecule has 0 fully saturated rings. The molecule has 0 spiro atoms. The fourth-order valence-electron chi connectivity index (χ4n) is 4.52. The van der Waals surface area contributed by atoms with Gasteiger partial charge in [0.05, 0.1) is 23.4 Å². The molecule has 0 aliphatic carbocycles. The van der Waals surface area contributed by atoms with E-state index in [2.05, 4.69) is 35.5 Å². The number of hydrogen-bond acceptors (Lipinski definition) is 5. The van der Waals surface area contributed by atoms with E-state index in [4.69, 9.17) is 9.47 Å². The Morgan fingerprint density at radius 1 is 1.21 bits per heavy atom. The number of aryl methyl sites for hydroxylation is 1. The van der Waals surface area contributed by atoms with E-state index in [0.29, 0.717) is 19.1 Å². The molecule has 1 aromatic carbocycles. The molecule has 7 heteroatoms. The summed E-state index contributed by atoms with van der Waals surface area (Å²) < 4.78 is 15.4. The van der Waals surface area contributed by atoms with E-state index in [-0.39, 0.29) is 22.8 Å². The van der Waals surface area contributed by atoms with Crippen LogP contribution in [0.4, 0.5) is 0 Å². The first kappa shape index (κ1) is 23.0. The fraction of sp³-hybridized carbons (Fsp3) is 0.423. The number of carbonyl (C=O) groups excluding carboxylic acids is 1. The molecule has 3 aromatic rings. The second-order valence-corrected chi connectivity index (χ2v) is 8.98. The number of hydrogen-bond donors (Lipinski definition) is 0. The minimum atomic E-state index is -0.248. The van der Waals surface area contributed by atoms with E-state index in [9.17, 15) is 9.59 Å². The van der Waals surface area contributed by atoms with Crippen LogP contribution in [0.1, 0.15) is 49.2 Å². The van der Waals surface area contributed by atoms with Crippen molar-refractivity contribution in [2.75, 3.05) is 20.3 Å². The van der Waals surface area contributed by atoms with E-state index in [1.807, 2.05) is 17.8 Å². The molecule has 4 rings (SSSR count). The summed E-state index contributed by atoms with van der Waals surface area (Å²) in [7, 11) is 3.63. The van der Waals surface area contributed by atoms with Gasteiger partial charge in [0.2, 0.25) is 0 Å². The van der Waals surface area contributed by atoms with Crippen molar-refractivity contribution >= 4 is 5.78 Å². The summed E-state index contributed by atoms with van der Waals surface area (Å²) in [6.07, 6.45) is 6.97. The molecule has 0 bridgehead atoms. The highest BCUT2D eigenvalue weighted by Gasteiger charge is 2.29. The quantitative estimate of drug-likeness (QED) is 0.379. The van der Waals surface area contributed by atoms with Crippen molar-refractivity contribution in [1.82, 2.24) is 14.1 Å². The molecule has 174 valence electrons. The van der Waals surface area contributed by atoms with Crippen LogP contribution >= 0.6 is 0 Å². The van der Waals surface area contributed by atoms with Crippen molar-refractivity contribution in [1.29, 1.82) is 0 Å². The number of fused-ring (bicyclic) bond motifs is 3. The molecule has 0 radical (unpaired) electrons. The largest absolute Gasteiger partial charge is 0.493 e. The standard InChI is InChI=1S/C26H31N3O4/c1-16(2)22-11-18-12-25(33-10-6-9-32-5)20(26-27-7-8-28(26)4)13-19(18)23-14-24(31)21(17(3)30)15-29(22)23/h7-8,12-16,22H,6,9-11H2,1-5H3. The van der Waals surface area contributed by atoms with Crippen LogP contribution in [0.5, 0.6) is 5.75 Å².